The van der Waals surface area contributed by atoms with Crippen molar-refractivity contribution in [1.82, 2.24) is 4.98 Å². The van der Waals surface area contributed by atoms with Gasteiger partial charge in [-0.15, -0.1) is 0 Å². The topological polar surface area (TPSA) is 45.9 Å². The molecule has 3 nitrogen and oxygen atoms in total. The van der Waals surface area contributed by atoms with Crippen LogP contribution in [-0.2, 0) is 6.42 Å². The van der Waals surface area contributed by atoms with Gasteiger partial charge in [-0.3, -0.25) is 4.98 Å². The van der Waals surface area contributed by atoms with Gasteiger partial charge in [-0.2, -0.15) is 5.26 Å². The molecule has 84 valence electrons. The van der Waals surface area contributed by atoms with Crippen LogP contribution in [0.15, 0.2) is 42.6 Å². The van der Waals surface area contributed by atoms with E-state index < -0.39 is 0 Å². The van der Waals surface area contributed by atoms with Crippen LogP contribution in [-0.4, -0.2) is 12.1 Å². The molecule has 1 aromatic heterocycles. The predicted molar refractivity (Wildman–Crippen MR) is 65.5 cm³/mol. The van der Waals surface area contributed by atoms with E-state index in [1.54, 1.807) is 13.3 Å². The van der Waals surface area contributed by atoms with Crippen LogP contribution in [0.2, 0.25) is 0 Å². The molecular formula is C14H12N2O. The van der Waals surface area contributed by atoms with Crippen molar-refractivity contribution in [3.8, 4) is 23.1 Å². The molecule has 0 saturated carbocycles. The van der Waals surface area contributed by atoms with Gasteiger partial charge in [0.1, 0.15) is 5.75 Å². The first kappa shape index (κ1) is 11.2. The molecule has 0 bridgehead atoms. The van der Waals surface area contributed by atoms with Crippen molar-refractivity contribution < 1.29 is 4.74 Å². The molecule has 0 aliphatic rings. The molecule has 1 aromatic carbocycles. The van der Waals surface area contributed by atoms with Crippen molar-refractivity contribution in [2.75, 3.05) is 7.11 Å². The molecule has 1 heterocycles. The quantitative estimate of drug-likeness (QED) is 0.805. The molecule has 0 aliphatic carbocycles. The van der Waals surface area contributed by atoms with Crippen molar-refractivity contribution in [3.05, 3.63) is 48.2 Å². The zero-order valence-electron chi connectivity index (χ0n) is 9.55. The van der Waals surface area contributed by atoms with E-state index in [0.717, 1.165) is 16.8 Å². The molecule has 17 heavy (non-hydrogen) atoms. The first-order chi connectivity index (χ1) is 8.35. The molecule has 0 unspecified atom stereocenters. The van der Waals surface area contributed by atoms with E-state index in [-0.39, 0.29) is 0 Å². The van der Waals surface area contributed by atoms with Crippen LogP contribution in [0.5, 0.6) is 5.75 Å². The van der Waals surface area contributed by atoms with Gasteiger partial charge >= 0.3 is 0 Å². The first-order valence-corrected chi connectivity index (χ1v) is 5.30. The zero-order valence-corrected chi connectivity index (χ0v) is 9.55. The maximum absolute atomic E-state index is 8.69. The van der Waals surface area contributed by atoms with E-state index in [1.165, 1.54) is 0 Å². The Kier molecular flexibility index (Phi) is 3.37. The van der Waals surface area contributed by atoms with Crippen molar-refractivity contribution >= 4 is 0 Å². The highest BCUT2D eigenvalue weighted by Gasteiger charge is 2.06. The lowest BCUT2D eigenvalue weighted by molar-refractivity contribution is 0.410. The fraction of sp³-hybridized carbons (Fsp3) is 0.143. The van der Waals surface area contributed by atoms with E-state index in [9.17, 15) is 0 Å². The maximum Gasteiger partial charge on any atom is 0.126 e. The Morgan fingerprint density at radius 3 is 2.71 bits per heavy atom. The summed E-state index contributed by atoms with van der Waals surface area (Å²) in [7, 11) is 1.60. The summed E-state index contributed by atoms with van der Waals surface area (Å²) in [5, 5.41) is 8.69. The molecule has 0 spiro atoms. The van der Waals surface area contributed by atoms with E-state index >= 15 is 0 Å². The Labute approximate surface area is 100 Å². The monoisotopic (exact) mass is 224 g/mol. The number of rotatable bonds is 3. The normalized spacial score (nSPS) is 9.65. The largest absolute Gasteiger partial charge is 0.496 e. The lowest BCUT2D eigenvalue weighted by Crippen LogP contribution is -1.94. The molecular weight excluding hydrogens is 212 g/mol. The maximum atomic E-state index is 8.69. The van der Waals surface area contributed by atoms with Crippen LogP contribution >= 0.6 is 0 Å². The molecule has 3 heteroatoms. The van der Waals surface area contributed by atoms with Crippen LogP contribution in [0.4, 0.5) is 0 Å². The van der Waals surface area contributed by atoms with Gasteiger partial charge in [-0.05, 0) is 0 Å². The number of ether oxygens (including phenoxy) is 1. The van der Waals surface area contributed by atoms with E-state index in [4.69, 9.17) is 10.00 Å². The summed E-state index contributed by atoms with van der Waals surface area (Å²) in [6.45, 7) is 0. The fourth-order valence-corrected chi connectivity index (χ4v) is 1.64. The zero-order chi connectivity index (χ0) is 12.1. The number of nitriles is 1. The van der Waals surface area contributed by atoms with Gasteiger partial charge in [-0.25, -0.2) is 0 Å². The highest BCUT2D eigenvalue weighted by molar-refractivity contribution is 5.61. The molecule has 0 atom stereocenters. The summed E-state index contributed by atoms with van der Waals surface area (Å²) in [5.41, 5.74) is 2.70. The van der Waals surface area contributed by atoms with Crippen LogP contribution in [0.3, 0.4) is 0 Å². The Morgan fingerprint density at radius 2 is 2.06 bits per heavy atom. The first-order valence-electron chi connectivity index (χ1n) is 5.30. The third-order valence-corrected chi connectivity index (χ3v) is 2.50. The number of hydrogen-bond donors (Lipinski definition) is 0. The van der Waals surface area contributed by atoms with Crippen molar-refractivity contribution in [2.24, 2.45) is 0 Å². The third kappa shape index (κ3) is 2.43. The number of aromatic nitrogens is 1. The van der Waals surface area contributed by atoms with Crippen molar-refractivity contribution in [2.45, 2.75) is 6.42 Å². The van der Waals surface area contributed by atoms with E-state index in [2.05, 4.69) is 11.1 Å². The minimum atomic E-state index is 0.311. The van der Waals surface area contributed by atoms with Gasteiger partial charge in [-0.1, -0.05) is 30.3 Å². The summed E-state index contributed by atoms with van der Waals surface area (Å²) in [6.07, 6.45) is 2.01. The molecule has 0 saturated heterocycles. The molecule has 0 aliphatic heterocycles. The van der Waals surface area contributed by atoms with Gasteiger partial charge < -0.3 is 4.74 Å². The Balaban J connectivity index is 2.42. The molecule has 0 fully saturated rings. The standard InChI is InChI=1S/C14H12N2O/c1-17-14-9-13(11-5-3-2-4-6-11)16-10-12(14)7-8-15/h2-6,9-10H,7H2,1H3. The highest BCUT2D eigenvalue weighted by atomic mass is 16.5. The Morgan fingerprint density at radius 1 is 1.29 bits per heavy atom. The molecule has 0 amide bonds. The summed E-state index contributed by atoms with van der Waals surface area (Å²) >= 11 is 0. The van der Waals surface area contributed by atoms with Gasteiger partial charge in [0.15, 0.2) is 0 Å². The number of hydrogen-bond acceptors (Lipinski definition) is 3. The SMILES string of the molecule is COc1cc(-c2ccccc2)ncc1CC#N. The van der Waals surface area contributed by atoms with Gasteiger partial charge in [0.2, 0.25) is 0 Å². The molecule has 0 radical (unpaired) electrons. The summed E-state index contributed by atoms with van der Waals surface area (Å²) in [4.78, 5) is 4.35. The van der Waals surface area contributed by atoms with Crippen LogP contribution in [0.1, 0.15) is 5.56 Å². The van der Waals surface area contributed by atoms with E-state index in [1.807, 2.05) is 36.4 Å². The van der Waals surface area contributed by atoms with Crippen LogP contribution in [0, 0.1) is 11.3 Å². The average Bonchev–Trinajstić information content (AvgIpc) is 2.40. The van der Waals surface area contributed by atoms with Crippen LogP contribution in [0.25, 0.3) is 11.3 Å². The third-order valence-electron chi connectivity index (χ3n) is 2.50. The highest BCUT2D eigenvalue weighted by Crippen LogP contribution is 2.24. The second-order valence-electron chi connectivity index (χ2n) is 3.58. The lowest BCUT2D eigenvalue weighted by atomic mass is 10.1. The summed E-state index contributed by atoms with van der Waals surface area (Å²) < 4.78 is 5.27. The second kappa shape index (κ2) is 5.13. The number of methoxy groups -OCH3 is 1. The lowest BCUT2D eigenvalue weighted by Gasteiger charge is -2.07. The smallest absolute Gasteiger partial charge is 0.126 e. The second-order valence-corrected chi connectivity index (χ2v) is 3.58. The molecule has 0 N–H and O–H groups in total. The van der Waals surface area contributed by atoms with E-state index in [0.29, 0.717) is 12.2 Å². The minimum absolute atomic E-state index is 0.311. The molecule has 2 rings (SSSR count). The summed E-state index contributed by atoms with van der Waals surface area (Å²) in [5.74, 6) is 0.709. The summed E-state index contributed by atoms with van der Waals surface area (Å²) in [6, 6.07) is 13.8. The van der Waals surface area contributed by atoms with Crippen LogP contribution < -0.4 is 4.74 Å². The van der Waals surface area contributed by atoms with Gasteiger partial charge in [0.25, 0.3) is 0 Å². The number of benzene rings is 1. The Bertz CT molecular complexity index is 544. The number of nitrogens with zero attached hydrogens (tertiary/aromatic N) is 2. The molecule has 2 aromatic rings. The van der Waals surface area contributed by atoms with Crippen molar-refractivity contribution in [3.63, 3.8) is 0 Å². The minimum Gasteiger partial charge on any atom is -0.496 e. The van der Waals surface area contributed by atoms with Gasteiger partial charge in [0, 0.05) is 23.4 Å². The van der Waals surface area contributed by atoms with Crippen molar-refractivity contribution in [1.29, 1.82) is 5.26 Å². The fourth-order valence-electron chi connectivity index (χ4n) is 1.64. The Hall–Kier alpha value is -2.34. The average molecular weight is 224 g/mol. The van der Waals surface area contributed by atoms with Gasteiger partial charge in [0.05, 0.1) is 25.3 Å². The number of pyridine rings is 1. The predicted octanol–water partition coefficient (Wildman–Crippen LogP) is 2.82.